The van der Waals surface area contributed by atoms with Crippen molar-refractivity contribution in [3.8, 4) is 33.6 Å². The van der Waals surface area contributed by atoms with Gasteiger partial charge in [-0.1, -0.05) is 127 Å². The summed E-state index contributed by atoms with van der Waals surface area (Å²) < 4.78 is 4.85. The van der Waals surface area contributed by atoms with Crippen LogP contribution >= 0.6 is 0 Å². The smallest absolute Gasteiger partial charge is 0.0547 e. The van der Waals surface area contributed by atoms with Crippen molar-refractivity contribution in [3.05, 3.63) is 182 Å². The van der Waals surface area contributed by atoms with Crippen molar-refractivity contribution in [2.75, 3.05) is 0 Å². The maximum absolute atomic E-state index is 3.24. The normalized spacial score (nSPS) is 11.6. The van der Waals surface area contributed by atoms with E-state index in [1.54, 1.807) is 0 Å². The van der Waals surface area contributed by atoms with Crippen molar-refractivity contribution in [1.82, 2.24) is 9.13 Å². The fourth-order valence-corrected chi connectivity index (χ4v) is 7.74. The number of para-hydroxylation sites is 2. The Morgan fingerprint density at radius 3 is 1.65 bits per heavy atom. The summed E-state index contributed by atoms with van der Waals surface area (Å²) in [6.07, 6.45) is 0. The molecule has 10 rings (SSSR count). The molecular weight excluding hydrogens is 581 g/mol. The molecule has 0 N–H and O–H groups in total. The van der Waals surface area contributed by atoms with E-state index in [1.165, 1.54) is 71.2 Å². The molecule has 0 radical (unpaired) electrons. The van der Waals surface area contributed by atoms with Crippen molar-refractivity contribution in [3.63, 3.8) is 0 Å². The van der Waals surface area contributed by atoms with E-state index in [4.69, 9.17) is 0 Å². The van der Waals surface area contributed by atoms with Gasteiger partial charge in [0.05, 0.1) is 27.8 Å². The topological polar surface area (TPSA) is 9.86 Å². The van der Waals surface area contributed by atoms with Gasteiger partial charge >= 0.3 is 0 Å². The highest BCUT2D eigenvalue weighted by Gasteiger charge is 2.21. The molecule has 0 bridgehead atoms. The Bertz CT molecular complexity index is 2810. The molecule has 0 aliphatic rings. The number of hydrogen-bond donors (Lipinski definition) is 0. The molecule has 2 aromatic heterocycles. The molecule has 0 aliphatic heterocycles. The van der Waals surface area contributed by atoms with Gasteiger partial charge in [-0.3, -0.25) is 0 Å². The number of hydrogen-bond acceptors (Lipinski definition) is 0. The summed E-state index contributed by atoms with van der Waals surface area (Å²) in [5, 5.41) is 7.51. The van der Waals surface area contributed by atoms with Crippen molar-refractivity contribution in [1.29, 1.82) is 0 Å². The quantitative estimate of drug-likeness (QED) is 0.188. The SMILES string of the molecule is c1cccc(-c2ccc(-n3c4ccccc4c4c(-c5cccc6c5c5ccccc5n6-c5cccc6ccccc56)cccc43)cc2)c#1. The van der Waals surface area contributed by atoms with Gasteiger partial charge < -0.3 is 9.13 Å². The fraction of sp³-hybridized carbons (Fsp3) is 0. The van der Waals surface area contributed by atoms with Gasteiger partial charge in [-0.25, -0.2) is 0 Å². The summed E-state index contributed by atoms with van der Waals surface area (Å²) in [4.78, 5) is 0. The van der Waals surface area contributed by atoms with Crippen LogP contribution in [0.25, 0.3) is 88.0 Å². The van der Waals surface area contributed by atoms with E-state index in [0.29, 0.717) is 0 Å². The summed E-state index contributed by atoms with van der Waals surface area (Å²) in [7, 11) is 0. The predicted octanol–water partition coefficient (Wildman–Crippen LogP) is 12.0. The summed E-state index contributed by atoms with van der Waals surface area (Å²) in [5.41, 5.74) is 11.8. The highest BCUT2D eigenvalue weighted by molar-refractivity contribution is 6.22. The van der Waals surface area contributed by atoms with Crippen LogP contribution in [0.5, 0.6) is 0 Å². The minimum Gasteiger partial charge on any atom is -0.309 e. The second kappa shape index (κ2) is 10.5. The third-order valence-corrected chi connectivity index (χ3v) is 9.78. The molecule has 0 aliphatic carbocycles. The van der Waals surface area contributed by atoms with Crippen molar-refractivity contribution >= 4 is 54.4 Å². The van der Waals surface area contributed by atoms with Gasteiger partial charge in [0.1, 0.15) is 0 Å². The number of rotatable bonds is 4. The van der Waals surface area contributed by atoms with Gasteiger partial charge in [0.25, 0.3) is 0 Å². The third-order valence-electron chi connectivity index (χ3n) is 9.78. The van der Waals surface area contributed by atoms with E-state index in [2.05, 4.69) is 179 Å². The first kappa shape index (κ1) is 26.6. The Morgan fingerprint density at radius 2 is 0.958 bits per heavy atom. The van der Waals surface area contributed by atoms with Crippen molar-refractivity contribution in [2.45, 2.75) is 0 Å². The Kier molecular flexibility index (Phi) is 5.82. The highest BCUT2D eigenvalue weighted by atomic mass is 15.0. The molecule has 0 atom stereocenters. The Hall–Kier alpha value is -6.56. The van der Waals surface area contributed by atoms with Crippen LogP contribution < -0.4 is 0 Å². The molecule has 0 saturated heterocycles. The minimum atomic E-state index is 1.05. The van der Waals surface area contributed by atoms with Gasteiger partial charge in [0.15, 0.2) is 0 Å². The minimum absolute atomic E-state index is 1.05. The molecule has 0 spiro atoms. The first-order valence-electron chi connectivity index (χ1n) is 16.4. The van der Waals surface area contributed by atoms with E-state index in [-0.39, 0.29) is 0 Å². The molecule has 0 unspecified atom stereocenters. The lowest BCUT2D eigenvalue weighted by atomic mass is 9.95. The zero-order chi connectivity index (χ0) is 31.6. The van der Waals surface area contributed by atoms with E-state index in [1.807, 2.05) is 12.1 Å². The molecule has 0 fully saturated rings. The second-order valence-electron chi connectivity index (χ2n) is 12.4. The maximum atomic E-state index is 3.24. The summed E-state index contributed by atoms with van der Waals surface area (Å²) in [6.45, 7) is 0. The lowest BCUT2D eigenvalue weighted by molar-refractivity contribution is 1.18. The molecule has 10 aromatic rings. The van der Waals surface area contributed by atoms with Crippen LogP contribution in [0.2, 0.25) is 0 Å². The van der Waals surface area contributed by atoms with Crippen molar-refractivity contribution in [2.24, 2.45) is 0 Å². The molecule has 2 nitrogen and oxygen atoms in total. The van der Waals surface area contributed by atoms with Crippen LogP contribution in [-0.4, -0.2) is 9.13 Å². The third kappa shape index (κ3) is 3.89. The molecular formula is C46H28N2. The average molecular weight is 609 g/mol. The number of benzene rings is 7. The van der Waals surface area contributed by atoms with Crippen molar-refractivity contribution < 1.29 is 0 Å². The van der Waals surface area contributed by atoms with Crippen LogP contribution in [0.4, 0.5) is 0 Å². The molecule has 222 valence electrons. The van der Waals surface area contributed by atoms with Gasteiger partial charge in [0, 0.05) is 38.2 Å². The molecule has 0 amide bonds. The standard InChI is InChI=1S/C46H28N2/c1-2-13-31(14-3-1)32-27-29-34(30-28-32)47-41-22-8-6-18-38(41)45-36(20-11-25-43(45)47)37-21-12-26-44-46(37)39-19-7-9-23-42(39)48(44)40-24-10-16-33-15-4-5-17-35(33)40/h1-2,4-13,15-30H. The largest absolute Gasteiger partial charge is 0.309 e. The first-order chi connectivity index (χ1) is 23.8. The Labute approximate surface area is 278 Å². The van der Waals surface area contributed by atoms with Crippen LogP contribution in [0, 0.1) is 12.1 Å². The van der Waals surface area contributed by atoms with E-state index >= 15 is 0 Å². The Balaban J connectivity index is 1.25. The molecule has 0 saturated carbocycles. The lowest BCUT2D eigenvalue weighted by Crippen LogP contribution is -1.95. The summed E-state index contributed by atoms with van der Waals surface area (Å²) in [5.74, 6) is 0. The van der Waals surface area contributed by atoms with E-state index in [0.717, 1.165) is 16.8 Å². The molecule has 2 heterocycles. The number of fused-ring (bicyclic) bond motifs is 7. The number of aromatic nitrogens is 2. The lowest BCUT2D eigenvalue weighted by Gasteiger charge is -2.12. The molecule has 2 heteroatoms. The van der Waals surface area contributed by atoms with E-state index in [9.17, 15) is 0 Å². The van der Waals surface area contributed by atoms with Gasteiger partial charge in [0.2, 0.25) is 0 Å². The second-order valence-corrected chi connectivity index (χ2v) is 12.4. The first-order valence-corrected chi connectivity index (χ1v) is 16.4. The van der Waals surface area contributed by atoms with Gasteiger partial charge in [-0.15, -0.1) is 0 Å². The van der Waals surface area contributed by atoms with Crippen LogP contribution in [-0.2, 0) is 0 Å². The van der Waals surface area contributed by atoms with E-state index < -0.39 is 0 Å². The molecule has 48 heavy (non-hydrogen) atoms. The highest BCUT2D eigenvalue weighted by Crippen LogP contribution is 2.44. The average Bonchev–Trinajstić information content (AvgIpc) is 3.68. The Morgan fingerprint density at radius 1 is 0.396 bits per heavy atom. The van der Waals surface area contributed by atoms with Gasteiger partial charge in [-0.2, -0.15) is 0 Å². The summed E-state index contributed by atoms with van der Waals surface area (Å²) >= 11 is 0. The zero-order valence-corrected chi connectivity index (χ0v) is 26.1. The predicted molar refractivity (Wildman–Crippen MR) is 201 cm³/mol. The monoisotopic (exact) mass is 608 g/mol. The zero-order valence-electron chi connectivity index (χ0n) is 26.1. The van der Waals surface area contributed by atoms with Crippen LogP contribution in [0.1, 0.15) is 0 Å². The summed E-state index contributed by atoms with van der Waals surface area (Å²) in [6, 6.07) is 67.5. The number of nitrogens with zero attached hydrogens (tertiary/aromatic N) is 2. The van der Waals surface area contributed by atoms with Gasteiger partial charge in [-0.05, 0) is 76.7 Å². The molecule has 8 aromatic carbocycles. The van der Waals surface area contributed by atoms with Crippen LogP contribution in [0.15, 0.2) is 170 Å². The fourth-order valence-electron chi connectivity index (χ4n) is 7.74. The maximum Gasteiger partial charge on any atom is 0.0547 e. The van der Waals surface area contributed by atoms with Crippen LogP contribution in [0.3, 0.4) is 0 Å².